The molecule has 1 fully saturated rings. The lowest BCUT2D eigenvalue weighted by Crippen LogP contribution is -2.58. The number of nitrogens with zero attached hydrogens (tertiary/aromatic N) is 3. The Hall–Kier alpha value is -3.22. The molecule has 152 valence electrons. The van der Waals surface area contributed by atoms with E-state index in [2.05, 4.69) is 39.5 Å². The van der Waals surface area contributed by atoms with Crippen molar-refractivity contribution in [2.75, 3.05) is 17.3 Å². The Balaban J connectivity index is 1.63. The Labute approximate surface area is 171 Å². The first-order chi connectivity index (χ1) is 14.1. The SMILES string of the molecule is COc1ccc(CNc2ccccc2N2C(N)=NC(N)=NC23CCCCC3)cc1. The van der Waals surface area contributed by atoms with Crippen LogP contribution in [0.2, 0.25) is 0 Å². The third-order valence-corrected chi connectivity index (χ3v) is 5.64. The molecule has 0 aromatic heterocycles. The fourth-order valence-corrected chi connectivity index (χ4v) is 4.23. The van der Waals surface area contributed by atoms with Gasteiger partial charge in [0.25, 0.3) is 0 Å². The minimum atomic E-state index is -0.452. The molecule has 0 atom stereocenters. The Morgan fingerprint density at radius 3 is 2.48 bits per heavy atom. The van der Waals surface area contributed by atoms with Gasteiger partial charge in [-0.05, 0) is 55.5 Å². The van der Waals surface area contributed by atoms with E-state index in [1.807, 2.05) is 24.3 Å². The van der Waals surface area contributed by atoms with E-state index in [4.69, 9.17) is 21.2 Å². The molecule has 1 spiro atoms. The Bertz CT molecular complexity index is 915. The molecule has 7 nitrogen and oxygen atoms in total. The number of anilines is 2. The van der Waals surface area contributed by atoms with Gasteiger partial charge in [-0.15, -0.1) is 0 Å². The molecule has 2 aliphatic rings. The number of methoxy groups -OCH3 is 1. The quantitative estimate of drug-likeness (QED) is 0.724. The van der Waals surface area contributed by atoms with Gasteiger partial charge in [-0.25, -0.2) is 4.99 Å². The van der Waals surface area contributed by atoms with Crippen molar-refractivity contribution in [1.29, 1.82) is 0 Å². The molecule has 1 aliphatic heterocycles. The first-order valence-corrected chi connectivity index (χ1v) is 10.1. The second-order valence-electron chi connectivity index (χ2n) is 7.54. The van der Waals surface area contributed by atoms with Crippen molar-refractivity contribution in [3.63, 3.8) is 0 Å². The lowest BCUT2D eigenvalue weighted by atomic mass is 9.87. The highest BCUT2D eigenvalue weighted by Gasteiger charge is 2.43. The van der Waals surface area contributed by atoms with Crippen LogP contribution < -0.4 is 26.4 Å². The van der Waals surface area contributed by atoms with E-state index >= 15 is 0 Å². The van der Waals surface area contributed by atoms with Crippen molar-refractivity contribution in [1.82, 2.24) is 0 Å². The molecule has 0 amide bonds. The van der Waals surface area contributed by atoms with Crippen LogP contribution in [0.25, 0.3) is 0 Å². The molecule has 1 heterocycles. The topological polar surface area (TPSA) is 101 Å². The molecular formula is C22H28N6O. The third-order valence-electron chi connectivity index (χ3n) is 5.64. The molecule has 2 aromatic rings. The number of ether oxygens (including phenoxy) is 1. The summed E-state index contributed by atoms with van der Waals surface area (Å²) in [5, 5.41) is 3.55. The second kappa shape index (κ2) is 8.03. The van der Waals surface area contributed by atoms with Gasteiger partial charge in [0.15, 0.2) is 0 Å². The highest BCUT2D eigenvalue weighted by Crippen LogP contribution is 2.41. The number of guanidine groups is 2. The van der Waals surface area contributed by atoms with Crippen LogP contribution in [0, 0.1) is 0 Å². The number of aliphatic imine (C=N–C) groups is 2. The summed E-state index contributed by atoms with van der Waals surface area (Å²) in [7, 11) is 1.67. The maximum Gasteiger partial charge on any atom is 0.220 e. The molecule has 0 radical (unpaired) electrons. The van der Waals surface area contributed by atoms with Gasteiger partial charge in [0, 0.05) is 6.54 Å². The molecule has 0 unspecified atom stereocenters. The van der Waals surface area contributed by atoms with Gasteiger partial charge in [-0.3, -0.25) is 4.90 Å². The lowest BCUT2D eigenvalue weighted by Gasteiger charge is -2.46. The summed E-state index contributed by atoms with van der Waals surface area (Å²) < 4.78 is 5.24. The van der Waals surface area contributed by atoms with Crippen LogP contribution in [-0.4, -0.2) is 24.7 Å². The van der Waals surface area contributed by atoms with Crippen molar-refractivity contribution >= 4 is 23.3 Å². The second-order valence-corrected chi connectivity index (χ2v) is 7.54. The molecule has 1 aliphatic carbocycles. The average molecular weight is 393 g/mol. The van der Waals surface area contributed by atoms with Crippen LogP contribution in [-0.2, 0) is 6.54 Å². The van der Waals surface area contributed by atoms with Crippen LogP contribution in [0.5, 0.6) is 5.75 Å². The fourth-order valence-electron chi connectivity index (χ4n) is 4.23. The molecule has 4 rings (SSSR count). The van der Waals surface area contributed by atoms with E-state index in [1.165, 1.54) is 6.42 Å². The zero-order valence-electron chi connectivity index (χ0n) is 16.8. The number of para-hydroxylation sites is 2. The van der Waals surface area contributed by atoms with E-state index in [1.54, 1.807) is 7.11 Å². The zero-order valence-corrected chi connectivity index (χ0v) is 16.8. The molecule has 1 saturated carbocycles. The highest BCUT2D eigenvalue weighted by atomic mass is 16.5. The number of benzene rings is 2. The molecule has 5 N–H and O–H groups in total. The standard InChI is InChI=1S/C22H28N6O/c1-29-17-11-9-16(10-12-17)15-25-18-7-3-4-8-19(18)28-21(24)26-20(23)27-22(28)13-5-2-6-14-22/h3-4,7-12,25H,2,5-6,13-15H2,1H3,(H4,23,24,26,27). The number of nitrogens with two attached hydrogens (primary N) is 2. The molecule has 7 heteroatoms. The van der Waals surface area contributed by atoms with Gasteiger partial charge < -0.3 is 21.5 Å². The van der Waals surface area contributed by atoms with E-state index in [0.717, 1.165) is 48.4 Å². The predicted molar refractivity (Wildman–Crippen MR) is 118 cm³/mol. The van der Waals surface area contributed by atoms with Crippen molar-refractivity contribution in [2.45, 2.75) is 44.3 Å². The summed E-state index contributed by atoms with van der Waals surface area (Å²) in [6.07, 6.45) is 5.23. The summed E-state index contributed by atoms with van der Waals surface area (Å²) in [5.41, 5.74) is 15.1. The largest absolute Gasteiger partial charge is 0.497 e. The van der Waals surface area contributed by atoms with Gasteiger partial charge in [-0.1, -0.05) is 30.7 Å². The first-order valence-electron chi connectivity index (χ1n) is 10.1. The van der Waals surface area contributed by atoms with Gasteiger partial charge in [0.2, 0.25) is 11.9 Å². The summed E-state index contributed by atoms with van der Waals surface area (Å²) in [6.45, 7) is 0.685. The molecule has 29 heavy (non-hydrogen) atoms. The maximum atomic E-state index is 6.39. The van der Waals surface area contributed by atoms with Gasteiger partial charge in [0.05, 0.1) is 18.5 Å². The third kappa shape index (κ3) is 3.85. The van der Waals surface area contributed by atoms with Crippen molar-refractivity contribution in [3.8, 4) is 5.75 Å². The number of nitrogens with one attached hydrogen (secondary N) is 1. The van der Waals surface area contributed by atoms with Gasteiger partial charge >= 0.3 is 0 Å². The Morgan fingerprint density at radius 1 is 1.03 bits per heavy atom. The molecule has 0 saturated heterocycles. The van der Waals surface area contributed by atoms with Gasteiger partial charge in [0.1, 0.15) is 11.4 Å². The summed E-state index contributed by atoms with van der Waals surface area (Å²) in [4.78, 5) is 11.1. The minimum Gasteiger partial charge on any atom is -0.497 e. The smallest absolute Gasteiger partial charge is 0.220 e. The molecular weight excluding hydrogens is 364 g/mol. The number of hydrogen-bond donors (Lipinski definition) is 3. The zero-order chi connectivity index (χ0) is 20.3. The van der Waals surface area contributed by atoms with E-state index in [0.29, 0.717) is 12.5 Å². The van der Waals surface area contributed by atoms with Crippen LogP contribution >= 0.6 is 0 Å². The fraction of sp³-hybridized carbons (Fsp3) is 0.364. The Kier molecular flexibility index (Phi) is 5.29. The van der Waals surface area contributed by atoms with Crippen molar-refractivity contribution in [2.24, 2.45) is 21.5 Å². The van der Waals surface area contributed by atoms with E-state index in [9.17, 15) is 0 Å². The van der Waals surface area contributed by atoms with E-state index < -0.39 is 5.66 Å². The molecule has 2 aromatic carbocycles. The average Bonchev–Trinajstić information content (AvgIpc) is 2.73. The van der Waals surface area contributed by atoms with Crippen LogP contribution in [0.3, 0.4) is 0 Å². The van der Waals surface area contributed by atoms with Crippen molar-refractivity contribution < 1.29 is 4.74 Å². The minimum absolute atomic E-state index is 0.268. The van der Waals surface area contributed by atoms with Crippen LogP contribution in [0.4, 0.5) is 11.4 Å². The van der Waals surface area contributed by atoms with Crippen molar-refractivity contribution in [3.05, 3.63) is 54.1 Å². The number of hydrogen-bond acceptors (Lipinski definition) is 7. The summed E-state index contributed by atoms with van der Waals surface area (Å²) in [5.74, 6) is 1.52. The lowest BCUT2D eigenvalue weighted by molar-refractivity contribution is 0.305. The first kappa shape index (κ1) is 19.1. The van der Waals surface area contributed by atoms with Crippen LogP contribution in [0.1, 0.15) is 37.7 Å². The number of rotatable bonds is 5. The Morgan fingerprint density at radius 2 is 1.76 bits per heavy atom. The summed E-state index contributed by atoms with van der Waals surface area (Å²) >= 11 is 0. The van der Waals surface area contributed by atoms with Crippen LogP contribution in [0.15, 0.2) is 58.5 Å². The van der Waals surface area contributed by atoms with E-state index in [-0.39, 0.29) is 5.96 Å². The highest BCUT2D eigenvalue weighted by molar-refractivity contribution is 6.07. The maximum absolute atomic E-state index is 6.39. The molecule has 0 bridgehead atoms. The van der Waals surface area contributed by atoms with Gasteiger partial charge in [-0.2, -0.15) is 4.99 Å². The monoisotopic (exact) mass is 392 g/mol. The summed E-state index contributed by atoms with van der Waals surface area (Å²) in [6, 6.07) is 16.2. The predicted octanol–water partition coefficient (Wildman–Crippen LogP) is 3.42. The normalized spacial score (nSPS) is 18.2.